The third kappa shape index (κ3) is 3.09. The van der Waals surface area contributed by atoms with E-state index in [1.165, 1.54) is 10.8 Å². The molecule has 0 amide bonds. The number of rotatable bonds is 3. The van der Waals surface area contributed by atoms with Gasteiger partial charge in [0, 0.05) is 23.2 Å². The number of pyridine rings is 2. The molecule has 0 saturated carbocycles. The second kappa shape index (κ2) is 7.05. The fourth-order valence-corrected chi connectivity index (χ4v) is 3.06. The van der Waals surface area contributed by atoms with E-state index in [9.17, 15) is 9.90 Å². The summed E-state index contributed by atoms with van der Waals surface area (Å²) in [6.45, 7) is 0. The molecule has 0 aliphatic carbocycles. The summed E-state index contributed by atoms with van der Waals surface area (Å²) in [5.74, 6) is 0.103. The lowest BCUT2D eigenvalue weighted by molar-refractivity contribution is 0.435. The smallest absolute Gasteiger partial charge is 0.267 e. The summed E-state index contributed by atoms with van der Waals surface area (Å²) in [7, 11) is 0. The van der Waals surface area contributed by atoms with E-state index in [4.69, 9.17) is 11.6 Å². The molecule has 2 aromatic heterocycles. The van der Waals surface area contributed by atoms with Crippen LogP contribution in [0, 0.1) is 0 Å². The van der Waals surface area contributed by atoms with Gasteiger partial charge in [-0.2, -0.15) is 0 Å². The highest BCUT2D eigenvalue weighted by Crippen LogP contribution is 2.28. The Morgan fingerprint density at radius 2 is 1.67 bits per heavy atom. The van der Waals surface area contributed by atoms with E-state index in [2.05, 4.69) is 9.98 Å². The minimum Gasteiger partial charge on any atom is -0.494 e. The number of aromatic hydroxyl groups is 1. The predicted molar refractivity (Wildman–Crippen MR) is 108 cm³/mol. The van der Waals surface area contributed by atoms with E-state index in [-0.39, 0.29) is 11.4 Å². The molecule has 0 atom stereocenters. The molecule has 132 valence electrons. The molecule has 1 N–H and O–H groups in total. The number of para-hydroxylation sites is 1. The molecule has 0 aliphatic rings. The summed E-state index contributed by atoms with van der Waals surface area (Å²) in [6.07, 6.45) is 3.08. The molecule has 0 bridgehead atoms. The molecule has 27 heavy (non-hydrogen) atoms. The van der Waals surface area contributed by atoms with Gasteiger partial charge < -0.3 is 5.11 Å². The van der Waals surface area contributed by atoms with Crippen molar-refractivity contribution in [1.82, 2.24) is 9.55 Å². The Labute approximate surface area is 159 Å². The molecule has 4 aromatic rings. The van der Waals surface area contributed by atoms with Crippen LogP contribution in [-0.2, 0) is 0 Å². The number of hydrogen-bond donors (Lipinski definition) is 1. The first-order valence-corrected chi connectivity index (χ1v) is 8.61. The summed E-state index contributed by atoms with van der Waals surface area (Å²) in [6, 6.07) is 19.4. The van der Waals surface area contributed by atoms with Crippen LogP contribution in [0.25, 0.3) is 16.6 Å². The van der Waals surface area contributed by atoms with Gasteiger partial charge in [0.25, 0.3) is 5.56 Å². The van der Waals surface area contributed by atoms with Gasteiger partial charge in [0.2, 0.25) is 5.88 Å². The van der Waals surface area contributed by atoms with Gasteiger partial charge in [-0.05, 0) is 30.3 Å². The minimum atomic E-state index is -0.350. The molecule has 2 heterocycles. The van der Waals surface area contributed by atoms with Crippen molar-refractivity contribution in [2.75, 3.05) is 0 Å². The quantitative estimate of drug-likeness (QED) is 0.536. The maximum absolute atomic E-state index is 12.9. The largest absolute Gasteiger partial charge is 0.494 e. The third-order valence-corrected chi connectivity index (χ3v) is 4.49. The monoisotopic (exact) mass is 375 g/mol. The molecule has 0 aliphatic heterocycles. The van der Waals surface area contributed by atoms with E-state index in [1.807, 2.05) is 12.1 Å². The number of fused-ring (bicyclic) bond motifs is 1. The van der Waals surface area contributed by atoms with Crippen molar-refractivity contribution >= 4 is 34.3 Å². The van der Waals surface area contributed by atoms with Gasteiger partial charge in [-0.25, -0.2) is 9.55 Å². The molecule has 6 heteroatoms. The van der Waals surface area contributed by atoms with Crippen molar-refractivity contribution in [3.63, 3.8) is 0 Å². The summed E-state index contributed by atoms with van der Waals surface area (Å²) < 4.78 is 1.18. The van der Waals surface area contributed by atoms with Gasteiger partial charge in [-0.15, -0.1) is 0 Å². The van der Waals surface area contributed by atoms with Crippen molar-refractivity contribution in [1.29, 1.82) is 0 Å². The zero-order chi connectivity index (χ0) is 18.8. The van der Waals surface area contributed by atoms with Gasteiger partial charge in [0.15, 0.2) is 0 Å². The average molecular weight is 376 g/mol. The topological polar surface area (TPSA) is 67.5 Å². The number of nitrogens with zero attached hydrogens (tertiary/aromatic N) is 3. The van der Waals surface area contributed by atoms with E-state index >= 15 is 0 Å². The first-order valence-electron chi connectivity index (χ1n) is 8.23. The van der Waals surface area contributed by atoms with E-state index in [1.54, 1.807) is 60.8 Å². The van der Waals surface area contributed by atoms with Crippen LogP contribution >= 0.6 is 11.6 Å². The molecular formula is C21H14ClN3O2. The molecule has 4 rings (SSSR count). The lowest BCUT2D eigenvalue weighted by atomic mass is 10.1. The highest BCUT2D eigenvalue weighted by atomic mass is 35.5. The minimum absolute atomic E-state index is 0.229. The number of benzene rings is 2. The maximum Gasteiger partial charge on any atom is 0.267 e. The number of halogens is 1. The highest BCUT2D eigenvalue weighted by Gasteiger charge is 2.16. The standard InChI is InChI=1S/C21H14ClN3O2/c22-17-9-3-4-10-18(17)24-13-16-14-7-1-2-8-15(14)20(26)25(21(16)27)19-11-5-6-12-23-19/h1-13,27H. The van der Waals surface area contributed by atoms with Crippen LogP contribution in [0.4, 0.5) is 5.69 Å². The van der Waals surface area contributed by atoms with Crippen LogP contribution in [0.2, 0.25) is 5.02 Å². The third-order valence-electron chi connectivity index (χ3n) is 4.17. The SMILES string of the molecule is O=c1c2ccccc2c(C=Nc2ccccc2Cl)c(O)n1-c1ccccn1. The summed E-state index contributed by atoms with van der Waals surface area (Å²) >= 11 is 6.16. The molecular weight excluding hydrogens is 362 g/mol. The van der Waals surface area contributed by atoms with Gasteiger partial charge in [0.1, 0.15) is 5.82 Å². The van der Waals surface area contributed by atoms with Crippen molar-refractivity contribution < 1.29 is 5.11 Å². The van der Waals surface area contributed by atoms with E-state index in [0.29, 0.717) is 32.9 Å². The second-order valence-electron chi connectivity index (χ2n) is 5.82. The first-order chi connectivity index (χ1) is 13.2. The van der Waals surface area contributed by atoms with Crippen molar-refractivity contribution in [3.8, 4) is 11.7 Å². The molecule has 0 saturated heterocycles. The maximum atomic E-state index is 12.9. The Hall–Kier alpha value is -3.44. The van der Waals surface area contributed by atoms with Gasteiger partial charge in [-0.3, -0.25) is 9.79 Å². The van der Waals surface area contributed by atoms with Gasteiger partial charge in [0.05, 0.1) is 16.3 Å². The van der Waals surface area contributed by atoms with E-state index in [0.717, 1.165) is 0 Å². The average Bonchev–Trinajstić information content (AvgIpc) is 2.70. The number of aliphatic imine (C=N–C) groups is 1. The van der Waals surface area contributed by atoms with Crippen LogP contribution in [0.1, 0.15) is 5.56 Å². The number of aromatic nitrogens is 2. The predicted octanol–water partition coefficient (Wildman–Crippen LogP) is 4.50. The molecule has 0 unspecified atom stereocenters. The van der Waals surface area contributed by atoms with E-state index < -0.39 is 0 Å². The molecule has 2 aromatic carbocycles. The fraction of sp³-hybridized carbons (Fsp3) is 0. The molecule has 0 fully saturated rings. The lowest BCUT2D eigenvalue weighted by Crippen LogP contribution is -2.20. The molecule has 0 radical (unpaired) electrons. The Bertz CT molecular complexity index is 1220. The second-order valence-corrected chi connectivity index (χ2v) is 6.23. The number of hydrogen-bond acceptors (Lipinski definition) is 4. The van der Waals surface area contributed by atoms with Crippen LogP contribution in [0.5, 0.6) is 5.88 Å². The Kier molecular flexibility index (Phi) is 4.44. The van der Waals surface area contributed by atoms with Crippen LogP contribution < -0.4 is 5.56 Å². The lowest BCUT2D eigenvalue weighted by Gasteiger charge is -2.12. The van der Waals surface area contributed by atoms with Crippen LogP contribution in [0.15, 0.2) is 82.7 Å². The molecule has 0 spiro atoms. The molecule has 5 nitrogen and oxygen atoms in total. The van der Waals surface area contributed by atoms with Crippen molar-refractivity contribution in [2.45, 2.75) is 0 Å². The summed E-state index contributed by atoms with van der Waals surface area (Å²) in [4.78, 5) is 21.5. The van der Waals surface area contributed by atoms with Crippen LogP contribution in [0.3, 0.4) is 0 Å². The summed E-state index contributed by atoms with van der Waals surface area (Å²) in [5, 5.41) is 12.4. The highest BCUT2D eigenvalue weighted by molar-refractivity contribution is 6.33. The van der Waals surface area contributed by atoms with Crippen molar-refractivity contribution in [3.05, 3.63) is 93.9 Å². The first kappa shape index (κ1) is 17.0. The Balaban J connectivity index is 2.00. The van der Waals surface area contributed by atoms with Crippen LogP contribution in [-0.4, -0.2) is 20.9 Å². The van der Waals surface area contributed by atoms with Gasteiger partial charge >= 0.3 is 0 Å². The van der Waals surface area contributed by atoms with Gasteiger partial charge in [-0.1, -0.05) is 48.0 Å². The normalized spacial score (nSPS) is 11.3. The zero-order valence-corrected chi connectivity index (χ0v) is 14.8. The fourth-order valence-electron chi connectivity index (χ4n) is 2.88. The Morgan fingerprint density at radius 3 is 2.41 bits per heavy atom. The Morgan fingerprint density at radius 1 is 0.963 bits per heavy atom. The summed E-state index contributed by atoms with van der Waals surface area (Å²) in [5.41, 5.74) is 0.630. The zero-order valence-electron chi connectivity index (χ0n) is 14.1. The van der Waals surface area contributed by atoms with Crippen molar-refractivity contribution in [2.24, 2.45) is 4.99 Å².